The molecule has 3 rings (SSSR count). The summed E-state index contributed by atoms with van der Waals surface area (Å²) in [6.45, 7) is 1.68. The number of benzene rings is 1. The number of carbonyl (C=O) groups excluding carboxylic acids is 2. The molecule has 3 unspecified atom stereocenters. The zero-order chi connectivity index (χ0) is 17.3. The normalized spacial score (nSPS) is 31.8. The van der Waals surface area contributed by atoms with Crippen LogP contribution in [-0.4, -0.2) is 17.9 Å². The quantitative estimate of drug-likeness (QED) is 0.783. The maximum Gasteiger partial charge on any atom is 0.247 e. The number of carbonyl (C=O) groups is 2. The summed E-state index contributed by atoms with van der Waals surface area (Å²) < 4.78 is 0. The van der Waals surface area contributed by atoms with Crippen molar-refractivity contribution in [2.24, 2.45) is 29.2 Å². The van der Waals surface area contributed by atoms with Crippen molar-refractivity contribution in [1.82, 2.24) is 5.32 Å². The average molecular weight is 329 g/mol. The Morgan fingerprint density at radius 1 is 1.12 bits per heavy atom. The number of nitrogens with one attached hydrogen (secondary N) is 1. The lowest BCUT2D eigenvalue weighted by Crippen LogP contribution is -2.56. The van der Waals surface area contributed by atoms with Crippen LogP contribution in [0.15, 0.2) is 30.3 Å². The molecule has 2 saturated carbocycles. The van der Waals surface area contributed by atoms with Crippen LogP contribution in [0.2, 0.25) is 0 Å². The standard InChI is InChI=1S/C19H27N3O2/c1-19(18(21)24,15-8-3-2-4-9-15)22-17(23)14-10-12-6-5-7-13(11-14)16(12)20/h2-4,8-9,12-14,16H,5-7,10-11,20H2,1H3,(H2,21,24)(H,22,23). The number of primary amides is 1. The number of amides is 2. The highest BCUT2D eigenvalue weighted by Gasteiger charge is 2.43. The molecular formula is C19H27N3O2. The van der Waals surface area contributed by atoms with Crippen molar-refractivity contribution in [3.05, 3.63) is 35.9 Å². The summed E-state index contributed by atoms with van der Waals surface area (Å²) in [6.07, 6.45) is 5.04. The fourth-order valence-corrected chi connectivity index (χ4v) is 4.40. The molecule has 2 aliphatic rings. The first kappa shape index (κ1) is 17.0. The first-order valence-corrected chi connectivity index (χ1v) is 8.85. The van der Waals surface area contributed by atoms with E-state index in [1.54, 1.807) is 6.92 Å². The van der Waals surface area contributed by atoms with Gasteiger partial charge in [0.25, 0.3) is 0 Å². The number of hydrogen-bond donors (Lipinski definition) is 3. The lowest BCUT2D eigenvalue weighted by Gasteiger charge is -2.44. The van der Waals surface area contributed by atoms with E-state index in [1.165, 1.54) is 6.42 Å². The summed E-state index contributed by atoms with van der Waals surface area (Å²) in [5.74, 6) is 0.135. The van der Waals surface area contributed by atoms with E-state index >= 15 is 0 Å². The molecule has 1 aromatic carbocycles. The van der Waals surface area contributed by atoms with Gasteiger partial charge >= 0.3 is 0 Å². The molecule has 0 radical (unpaired) electrons. The van der Waals surface area contributed by atoms with Crippen molar-refractivity contribution in [1.29, 1.82) is 0 Å². The molecule has 2 fully saturated rings. The second-order valence-corrected chi connectivity index (χ2v) is 7.54. The molecule has 3 atom stereocenters. The average Bonchev–Trinajstić information content (AvgIpc) is 2.55. The highest BCUT2D eigenvalue weighted by Crippen LogP contribution is 2.42. The second-order valence-electron chi connectivity index (χ2n) is 7.54. The maximum absolute atomic E-state index is 12.9. The largest absolute Gasteiger partial charge is 0.367 e. The van der Waals surface area contributed by atoms with Gasteiger partial charge in [-0.3, -0.25) is 9.59 Å². The van der Waals surface area contributed by atoms with Crippen molar-refractivity contribution in [2.75, 3.05) is 0 Å². The Hall–Kier alpha value is -1.88. The van der Waals surface area contributed by atoms with Crippen molar-refractivity contribution < 1.29 is 9.59 Å². The molecule has 130 valence electrons. The van der Waals surface area contributed by atoms with Gasteiger partial charge in [-0.25, -0.2) is 0 Å². The van der Waals surface area contributed by atoms with E-state index in [1.807, 2.05) is 30.3 Å². The summed E-state index contributed by atoms with van der Waals surface area (Å²) in [5, 5.41) is 2.93. The fraction of sp³-hybridized carbons (Fsp3) is 0.579. The van der Waals surface area contributed by atoms with Gasteiger partial charge in [-0.1, -0.05) is 36.8 Å². The molecule has 24 heavy (non-hydrogen) atoms. The minimum absolute atomic E-state index is 0.0797. The highest BCUT2D eigenvalue weighted by atomic mass is 16.2. The van der Waals surface area contributed by atoms with Gasteiger partial charge in [0.15, 0.2) is 0 Å². The van der Waals surface area contributed by atoms with Crippen LogP contribution in [0.4, 0.5) is 0 Å². The van der Waals surface area contributed by atoms with Crippen LogP contribution in [0.3, 0.4) is 0 Å². The minimum Gasteiger partial charge on any atom is -0.367 e. The highest BCUT2D eigenvalue weighted by molar-refractivity contribution is 5.91. The van der Waals surface area contributed by atoms with Gasteiger partial charge in [0, 0.05) is 12.0 Å². The van der Waals surface area contributed by atoms with Gasteiger partial charge in [-0.2, -0.15) is 0 Å². The number of fused-ring (bicyclic) bond motifs is 2. The molecule has 0 aromatic heterocycles. The Labute approximate surface area is 143 Å². The molecule has 0 spiro atoms. The zero-order valence-electron chi connectivity index (χ0n) is 14.2. The van der Waals surface area contributed by atoms with Crippen LogP contribution in [0.5, 0.6) is 0 Å². The summed E-state index contributed by atoms with van der Waals surface area (Å²) in [5.41, 5.74) is 11.4. The Morgan fingerprint density at radius 2 is 1.71 bits per heavy atom. The van der Waals surface area contributed by atoms with Crippen molar-refractivity contribution in [2.45, 2.75) is 50.6 Å². The van der Waals surface area contributed by atoms with Crippen molar-refractivity contribution >= 4 is 11.8 Å². The van der Waals surface area contributed by atoms with Crippen LogP contribution in [0.25, 0.3) is 0 Å². The predicted molar refractivity (Wildman–Crippen MR) is 92.7 cm³/mol. The molecular weight excluding hydrogens is 302 g/mol. The zero-order valence-corrected chi connectivity index (χ0v) is 14.2. The van der Waals surface area contributed by atoms with E-state index in [9.17, 15) is 9.59 Å². The Morgan fingerprint density at radius 3 is 2.25 bits per heavy atom. The number of nitrogens with two attached hydrogens (primary N) is 2. The molecule has 0 heterocycles. The monoisotopic (exact) mass is 329 g/mol. The molecule has 2 bridgehead atoms. The topological polar surface area (TPSA) is 98.2 Å². The predicted octanol–water partition coefficient (Wildman–Crippen LogP) is 1.66. The van der Waals surface area contributed by atoms with E-state index in [0.717, 1.165) is 25.7 Å². The minimum atomic E-state index is -1.19. The fourth-order valence-electron chi connectivity index (χ4n) is 4.40. The lowest BCUT2D eigenvalue weighted by atomic mass is 9.65. The molecule has 2 aliphatic carbocycles. The summed E-state index contributed by atoms with van der Waals surface area (Å²) in [4.78, 5) is 24.9. The van der Waals surface area contributed by atoms with Gasteiger partial charge < -0.3 is 16.8 Å². The molecule has 5 N–H and O–H groups in total. The third-order valence-corrected chi connectivity index (χ3v) is 6.00. The number of rotatable bonds is 4. The molecule has 2 amide bonds. The van der Waals surface area contributed by atoms with Crippen LogP contribution in [0, 0.1) is 17.8 Å². The Kier molecular flexibility index (Phi) is 4.63. The molecule has 0 aliphatic heterocycles. The first-order valence-electron chi connectivity index (χ1n) is 8.85. The lowest BCUT2D eigenvalue weighted by molar-refractivity contribution is -0.135. The Balaban J connectivity index is 1.76. The third kappa shape index (κ3) is 3.05. The molecule has 5 heteroatoms. The van der Waals surface area contributed by atoms with Crippen molar-refractivity contribution in [3.63, 3.8) is 0 Å². The summed E-state index contributed by atoms with van der Waals surface area (Å²) in [6, 6.07) is 9.41. The van der Waals surface area contributed by atoms with Gasteiger partial charge in [-0.15, -0.1) is 0 Å². The maximum atomic E-state index is 12.9. The van der Waals surface area contributed by atoms with Crippen molar-refractivity contribution in [3.8, 4) is 0 Å². The van der Waals surface area contributed by atoms with E-state index in [4.69, 9.17) is 11.5 Å². The van der Waals surface area contributed by atoms with Crippen LogP contribution in [0.1, 0.15) is 44.6 Å². The third-order valence-electron chi connectivity index (χ3n) is 6.00. The summed E-state index contributed by atoms with van der Waals surface area (Å²) in [7, 11) is 0. The molecule has 0 saturated heterocycles. The second kappa shape index (κ2) is 6.55. The Bertz CT molecular complexity index is 604. The van der Waals surface area contributed by atoms with Crippen LogP contribution >= 0.6 is 0 Å². The SMILES string of the molecule is CC(NC(=O)C1CC2CCCC(C1)C2N)(C(N)=O)c1ccccc1. The van der Waals surface area contributed by atoms with Gasteiger partial charge in [-0.05, 0) is 50.0 Å². The van der Waals surface area contributed by atoms with Gasteiger partial charge in [0.05, 0.1) is 0 Å². The van der Waals surface area contributed by atoms with Gasteiger partial charge in [0.1, 0.15) is 5.54 Å². The van der Waals surface area contributed by atoms with Gasteiger partial charge in [0.2, 0.25) is 11.8 Å². The number of hydrogen-bond acceptors (Lipinski definition) is 3. The molecule has 1 aromatic rings. The first-order chi connectivity index (χ1) is 11.4. The molecule has 5 nitrogen and oxygen atoms in total. The van der Waals surface area contributed by atoms with E-state index in [0.29, 0.717) is 17.4 Å². The van der Waals surface area contributed by atoms with Crippen LogP contribution in [-0.2, 0) is 15.1 Å². The van der Waals surface area contributed by atoms with E-state index in [-0.39, 0.29) is 17.9 Å². The van der Waals surface area contributed by atoms with E-state index in [2.05, 4.69) is 5.32 Å². The summed E-state index contributed by atoms with van der Waals surface area (Å²) >= 11 is 0. The van der Waals surface area contributed by atoms with E-state index < -0.39 is 11.4 Å². The smallest absolute Gasteiger partial charge is 0.247 e. The van der Waals surface area contributed by atoms with Crippen LogP contribution < -0.4 is 16.8 Å².